The highest BCUT2D eigenvalue weighted by Crippen LogP contribution is 2.41. The van der Waals surface area contributed by atoms with Gasteiger partial charge in [-0.25, -0.2) is 9.78 Å². The van der Waals surface area contributed by atoms with Gasteiger partial charge in [-0.2, -0.15) is 0 Å². The number of carbonyl (C=O) groups excluding carboxylic acids is 1. The number of carbonyl (C=O) groups is 1. The van der Waals surface area contributed by atoms with Crippen LogP contribution in [-0.4, -0.2) is 52.1 Å². The molecule has 194 valence electrons. The predicted molar refractivity (Wildman–Crippen MR) is 146 cm³/mol. The van der Waals surface area contributed by atoms with Crippen molar-refractivity contribution in [2.75, 3.05) is 26.9 Å². The number of nitrogens with zero attached hydrogens (tertiary/aromatic N) is 4. The van der Waals surface area contributed by atoms with Crippen LogP contribution in [0.15, 0.2) is 61.2 Å². The summed E-state index contributed by atoms with van der Waals surface area (Å²) in [6.07, 6.45) is 10.7. The Hall–Kier alpha value is -3.84. The van der Waals surface area contributed by atoms with Gasteiger partial charge in [-0.3, -0.25) is 14.3 Å². The normalized spacial score (nSPS) is 16.3. The van der Waals surface area contributed by atoms with Crippen molar-refractivity contribution in [3.05, 3.63) is 100 Å². The molecule has 7 heteroatoms. The topological polar surface area (TPSA) is 59.7 Å². The Morgan fingerprint density at radius 1 is 1.13 bits per heavy atom. The summed E-state index contributed by atoms with van der Waals surface area (Å²) in [5.74, 6) is -0.158. The van der Waals surface area contributed by atoms with Crippen LogP contribution in [0.3, 0.4) is 0 Å². The molecule has 6 rings (SSSR count). The van der Waals surface area contributed by atoms with Gasteiger partial charge < -0.3 is 9.14 Å². The lowest BCUT2D eigenvalue weighted by Crippen LogP contribution is -2.46. The second-order valence-electron chi connectivity index (χ2n) is 10.4. The molecule has 1 saturated heterocycles. The van der Waals surface area contributed by atoms with Gasteiger partial charge in [0.25, 0.3) is 0 Å². The van der Waals surface area contributed by atoms with Crippen molar-refractivity contribution in [1.29, 1.82) is 0 Å². The molecule has 0 N–H and O–H groups in total. The number of hydrogen-bond donors (Lipinski definition) is 0. The average Bonchev–Trinajstić information content (AvgIpc) is 3.22. The van der Waals surface area contributed by atoms with E-state index in [4.69, 9.17) is 9.72 Å². The smallest absolute Gasteiger partial charge is 0.337 e. The fourth-order valence-corrected chi connectivity index (χ4v) is 5.84. The molecule has 0 unspecified atom stereocenters. The molecule has 0 saturated carbocycles. The lowest BCUT2D eigenvalue weighted by molar-refractivity contribution is 0.0600. The van der Waals surface area contributed by atoms with Gasteiger partial charge in [0.2, 0.25) is 0 Å². The number of methoxy groups -OCH3 is 1. The second-order valence-corrected chi connectivity index (χ2v) is 10.4. The third-order valence-electron chi connectivity index (χ3n) is 7.75. The molecular weight excluding hydrogens is 479 g/mol. The standard InChI is InChI=1S/C31H31FN4O2/c1-20-15-33-10-8-26(20)28-5-3-4-22-12-24(31(37)38-2)6-7-27(22)30(28)23-9-11-36-19-25(34-29(36)13-23)18-35-16-21(14-32)17-35/h6-13,15,19,21H,3-5,14,16-18H2,1-2H3. The molecule has 1 fully saturated rings. The summed E-state index contributed by atoms with van der Waals surface area (Å²) in [7, 11) is 1.42. The van der Waals surface area contributed by atoms with Crippen LogP contribution in [0, 0.1) is 12.8 Å². The first-order valence-corrected chi connectivity index (χ1v) is 13.2. The van der Waals surface area contributed by atoms with E-state index in [9.17, 15) is 9.18 Å². The van der Waals surface area contributed by atoms with Crippen LogP contribution in [0.5, 0.6) is 0 Å². The highest BCUT2D eigenvalue weighted by Gasteiger charge is 2.27. The van der Waals surface area contributed by atoms with E-state index in [0.29, 0.717) is 5.56 Å². The van der Waals surface area contributed by atoms with Crippen LogP contribution in [0.4, 0.5) is 4.39 Å². The van der Waals surface area contributed by atoms with Crippen LogP contribution in [-0.2, 0) is 17.7 Å². The highest BCUT2D eigenvalue weighted by molar-refractivity contribution is 6.01. The summed E-state index contributed by atoms with van der Waals surface area (Å²) < 4.78 is 19.9. The molecule has 0 bridgehead atoms. The number of imidazole rings is 1. The van der Waals surface area contributed by atoms with Crippen molar-refractivity contribution in [1.82, 2.24) is 19.3 Å². The number of likely N-dealkylation sites (tertiary alicyclic amines) is 1. The lowest BCUT2D eigenvalue weighted by Gasteiger charge is -2.37. The van der Waals surface area contributed by atoms with Gasteiger partial charge in [0.15, 0.2) is 0 Å². The number of hydrogen-bond acceptors (Lipinski definition) is 5. The minimum Gasteiger partial charge on any atom is -0.465 e. The molecule has 1 aromatic carbocycles. The minimum atomic E-state index is -0.320. The van der Waals surface area contributed by atoms with E-state index in [1.54, 1.807) is 0 Å². The summed E-state index contributed by atoms with van der Waals surface area (Å²) in [5, 5.41) is 0. The van der Waals surface area contributed by atoms with Crippen molar-refractivity contribution in [3.8, 4) is 0 Å². The summed E-state index contributed by atoms with van der Waals surface area (Å²) >= 11 is 0. The summed E-state index contributed by atoms with van der Waals surface area (Å²) in [5.41, 5.74) is 10.6. The molecule has 4 aromatic rings. The number of ether oxygens (including phenoxy) is 1. The van der Waals surface area contributed by atoms with Crippen LogP contribution < -0.4 is 0 Å². The van der Waals surface area contributed by atoms with Gasteiger partial charge in [-0.15, -0.1) is 0 Å². The molecule has 0 amide bonds. The maximum Gasteiger partial charge on any atom is 0.337 e. The van der Waals surface area contributed by atoms with Gasteiger partial charge >= 0.3 is 5.97 Å². The van der Waals surface area contributed by atoms with E-state index in [2.05, 4.69) is 57.9 Å². The SMILES string of the molecule is COC(=O)c1ccc2c(c1)CCCC(c1ccncc1C)=C2c1ccn2cc(CN3CC(CF)C3)nc2c1. The van der Waals surface area contributed by atoms with E-state index in [-0.39, 0.29) is 18.6 Å². The Morgan fingerprint density at radius 3 is 2.79 bits per heavy atom. The second kappa shape index (κ2) is 10.1. The van der Waals surface area contributed by atoms with E-state index in [1.807, 2.05) is 24.5 Å². The third kappa shape index (κ3) is 4.52. The maximum absolute atomic E-state index is 12.9. The minimum absolute atomic E-state index is 0.163. The summed E-state index contributed by atoms with van der Waals surface area (Å²) in [4.78, 5) is 23.8. The van der Waals surface area contributed by atoms with Gasteiger partial charge in [-0.1, -0.05) is 6.07 Å². The molecule has 1 aliphatic carbocycles. The quantitative estimate of drug-likeness (QED) is 0.320. The Kier molecular flexibility index (Phi) is 6.54. The molecule has 0 radical (unpaired) electrons. The van der Waals surface area contributed by atoms with Gasteiger partial charge in [0, 0.05) is 50.3 Å². The number of aromatic nitrogens is 3. The predicted octanol–water partition coefficient (Wildman–Crippen LogP) is 5.52. The average molecular weight is 511 g/mol. The number of esters is 1. The fraction of sp³-hybridized carbons (Fsp3) is 0.323. The van der Waals surface area contributed by atoms with Crippen molar-refractivity contribution < 1.29 is 13.9 Å². The maximum atomic E-state index is 12.9. The summed E-state index contributed by atoms with van der Waals surface area (Å²) in [6, 6.07) is 12.3. The Labute approximate surface area is 221 Å². The molecular formula is C31H31FN4O2. The van der Waals surface area contributed by atoms with Gasteiger partial charge in [0.1, 0.15) is 5.65 Å². The molecule has 1 aliphatic heterocycles. The highest BCUT2D eigenvalue weighted by atomic mass is 19.1. The monoisotopic (exact) mass is 510 g/mol. The molecule has 0 atom stereocenters. The zero-order valence-corrected chi connectivity index (χ0v) is 21.8. The van der Waals surface area contributed by atoms with E-state index in [1.165, 1.54) is 23.8 Å². The number of alkyl halides is 1. The zero-order chi connectivity index (χ0) is 26.2. The van der Waals surface area contributed by atoms with Gasteiger partial charge in [0.05, 0.1) is 25.0 Å². The number of aryl methyl sites for hydroxylation is 2. The van der Waals surface area contributed by atoms with Crippen LogP contribution in [0.1, 0.15) is 56.7 Å². The Balaban J connectivity index is 1.46. The molecule has 3 aromatic heterocycles. The van der Waals surface area contributed by atoms with Gasteiger partial charge in [-0.05, 0) is 95.5 Å². The number of rotatable bonds is 6. The first-order chi connectivity index (χ1) is 18.5. The third-order valence-corrected chi connectivity index (χ3v) is 7.75. The van der Waals surface area contributed by atoms with Crippen LogP contribution in [0.25, 0.3) is 16.8 Å². The fourth-order valence-electron chi connectivity index (χ4n) is 5.84. The number of fused-ring (bicyclic) bond motifs is 2. The van der Waals surface area contributed by atoms with E-state index < -0.39 is 0 Å². The zero-order valence-electron chi connectivity index (χ0n) is 21.8. The molecule has 0 spiro atoms. The molecule has 2 aliphatic rings. The number of benzene rings is 1. The first-order valence-electron chi connectivity index (χ1n) is 13.2. The van der Waals surface area contributed by atoms with Crippen LogP contribution in [0.2, 0.25) is 0 Å². The molecule has 4 heterocycles. The van der Waals surface area contributed by atoms with Crippen LogP contribution >= 0.6 is 0 Å². The molecule has 6 nitrogen and oxygen atoms in total. The van der Waals surface area contributed by atoms with Crippen molar-refractivity contribution in [3.63, 3.8) is 0 Å². The molecule has 38 heavy (non-hydrogen) atoms. The largest absolute Gasteiger partial charge is 0.465 e. The van der Waals surface area contributed by atoms with Crippen molar-refractivity contribution in [2.24, 2.45) is 5.92 Å². The first kappa shape index (κ1) is 24.5. The number of allylic oxidation sites excluding steroid dienone is 1. The Bertz CT molecular complexity index is 1550. The Morgan fingerprint density at radius 2 is 2.00 bits per heavy atom. The van der Waals surface area contributed by atoms with Crippen molar-refractivity contribution >= 4 is 22.8 Å². The number of halogens is 1. The van der Waals surface area contributed by atoms with E-state index >= 15 is 0 Å². The van der Waals surface area contributed by atoms with E-state index in [0.717, 1.165) is 72.5 Å². The van der Waals surface area contributed by atoms with Crippen molar-refractivity contribution in [2.45, 2.75) is 32.7 Å². The summed E-state index contributed by atoms with van der Waals surface area (Å²) in [6.45, 7) is 4.17. The number of pyridine rings is 2. The lowest BCUT2D eigenvalue weighted by atomic mass is 9.87.